The molecule has 0 aliphatic rings. The zero-order valence-corrected chi connectivity index (χ0v) is 11.9. The minimum absolute atomic E-state index is 0. The van der Waals surface area contributed by atoms with Gasteiger partial charge < -0.3 is 15.8 Å². The number of ether oxygens (including phenoxy) is 1. The van der Waals surface area contributed by atoms with Crippen molar-refractivity contribution in [3.05, 3.63) is 30.1 Å². The van der Waals surface area contributed by atoms with Crippen molar-refractivity contribution in [1.29, 1.82) is 0 Å². The number of hydrogen-bond acceptors (Lipinski definition) is 3. The average Bonchev–Trinajstić information content (AvgIpc) is 2.37. The van der Waals surface area contributed by atoms with Crippen LogP contribution in [0.25, 0.3) is 0 Å². The molecule has 6 heteroatoms. The minimum Gasteiger partial charge on any atom is -0.478 e. The van der Waals surface area contributed by atoms with Crippen LogP contribution in [0.1, 0.15) is 20.3 Å². The molecule has 0 aliphatic carbocycles. The van der Waals surface area contributed by atoms with Crippen LogP contribution in [0.3, 0.4) is 0 Å². The van der Waals surface area contributed by atoms with Gasteiger partial charge in [-0.3, -0.25) is 4.79 Å². The van der Waals surface area contributed by atoms with E-state index in [1.807, 2.05) is 0 Å². The Balaban J connectivity index is 0.00000324. The van der Waals surface area contributed by atoms with Crippen LogP contribution in [0.15, 0.2) is 24.3 Å². The van der Waals surface area contributed by atoms with Crippen LogP contribution >= 0.6 is 12.4 Å². The number of halogens is 2. The summed E-state index contributed by atoms with van der Waals surface area (Å²) < 4.78 is 18.8. The number of amides is 1. The van der Waals surface area contributed by atoms with Crippen molar-refractivity contribution in [2.24, 2.45) is 5.73 Å². The van der Waals surface area contributed by atoms with Gasteiger partial charge in [0, 0.05) is 12.6 Å². The number of para-hydroxylation sites is 1. The zero-order valence-electron chi connectivity index (χ0n) is 11.1. The molecule has 1 aromatic carbocycles. The van der Waals surface area contributed by atoms with Gasteiger partial charge in [-0.1, -0.05) is 19.1 Å². The van der Waals surface area contributed by atoms with E-state index in [0.717, 1.165) is 0 Å². The maximum absolute atomic E-state index is 13.4. The predicted molar refractivity (Wildman–Crippen MR) is 75.0 cm³/mol. The first-order chi connectivity index (χ1) is 8.58. The molecule has 0 spiro atoms. The highest BCUT2D eigenvalue weighted by Gasteiger charge is 2.20. The van der Waals surface area contributed by atoms with Gasteiger partial charge in [0.05, 0.1) is 0 Å². The minimum atomic E-state index is -0.712. The Labute approximate surface area is 118 Å². The van der Waals surface area contributed by atoms with Crippen molar-refractivity contribution in [3.8, 4) is 5.75 Å². The van der Waals surface area contributed by atoms with Crippen molar-refractivity contribution >= 4 is 18.3 Å². The van der Waals surface area contributed by atoms with Crippen LogP contribution in [-0.4, -0.2) is 24.6 Å². The summed E-state index contributed by atoms with van der Waals surface area (Å²) in [5.41, 5.74) is 5.42. The first kappa shape index (κ1) is 17.7. The molecule has 0 saturated heterocycles. The summed E-state index contributed by atoms with van der Waals surface area (Å²) in [6.07, 6.45) is -0.256. The van der Waals surface area contributed by atoms with E-state index in [1.165, 1.54) is 12.1 Å². The Hall–Kier alpha value is -1.33. The molecule has 19 heavy (non-hydrogen) atoms. The lowest BCUT2D eigenvalue weighted by Gasteiger charge is -2.19. The molecular formula is C13H20ClFN2O2. The van der Waals surface area contributed by atoms with Crippen LogP contribution in [-0.2, 0) is 4.79 Å². The van der Waals surface area contributed by atoms with Crippen molar-refractivity contribution < 1.29 is 13.9 Å². The molecule has 0 aromatic heterocycles. The van der Waals surface area contributed by atoms with Gasteiger partial charge in [0.25, 0.3) is 5.91 Å². The highest BCUT2D eigenvalue weighted by atomic mass is 35.5. The summed E-state index contributed by atoms with van der Waals surface area (Å²) in [6, 6.07) is 5.89. The fourth-order valence-electron chi connectivity index (χ4n) is 1.41. The molecule has 1 unspecified atom stereocenters. The van der Waals surface area contributed by atoms with Crippen LogP contribution in [0.4, 0.5) is 4.39 Å². The third-order valence-corrected chi connectivity index (χ3v) is 2.51. The number of hydrogen-bond donors (Lipinski definition) is 2. The third kappa shape index (κ3) is 5.44. The van der Waals surface area contributed by atoms with E-state index in [4.69, 9.17) is 10.5 Å². The normalized spacial score (nSPS) is 13.1. The summed E-state index contributed by atoms with van der Waals surface area (Å²) in [4.78, 5) is 11.8. The standard InChI is InChI=1S/C13H19FN2O2.ClH/c1-3-11(13(17)16-9(2)8-15)18-12-7-5-4-6-10(12)14;/h4-7,9,11H,3,8,15H2,1-2H3,(H,16,17);1H/t9-,11?;/m0./s1. The fraction of sp³-hybridized carbons (Fsp3) is 0.462. The second-order valence-electron chi connectivity index (χ2n) is 4.09. The fourth-order valence-corrected chi connectivity index (χ4v) is 1.41. The third-order valence-electron chi connectivity index (χ3n) is 2.51. The van der Waals surface area contributed by atoms with Crippen LogP contribution in [0.5, 0.6) is 5.75 Å². The highest BCUT2D eigenvalue weighted by Crippen LogP contribution is 2.18. The Kier molecular flexibility index (Phi) is 8.11. The lowest BCUT2D eigenvalue weighted by molar-refractivity contribution is -0.128. The van der Waals surface area contributed by atoms with Gasteiger partial charge in [-0.15, -0.1) is 12.4 Å². The van der Waals surface area contributed by atoms with Crippen molar-refractivity contribution in [1.82, 2.24) is 5.32 Å². The van der Waals surface area contributed by atoms with Gasteiger partial charge in [-0.25, -0.2) is 4.39 Å². The predicted octanol–water partition coefficient (Wildman–Crippen LogP) is 1.87. The molecule has 0 aliphatic heterocycles. The summed E-state index contributed by atoms with van der Waals surface area (Å²) in [5.74, 6) is -0.672. The molecule has 0 fully saturated rings. The molecule has 0 bridgehead atoms. The molecule has 108 valence electrons. The lowest BCUT2D eigenvalue weighted by atomic mass is 10.2. The maximum Gasteiger partial charge on any atom is 0.261 e. The van der Waals surface area contributed by atoms with Crippen molar-refractivity contribution in [3.63, 3.8) is 0 Å². The van der Waals surface area contributed by atoms with E-state index in [9.17, 15) is 9.18 Å². The quantitative estimate of drug-likeness (QED) is 0.841. The van der Waals surface area contributed by atoms with Crippen LogP contribution in [0, 0.1) is 5.82 Å². The van der Waals surface area contributed by atoms with Gasteiger partial charge in [0.1, 0.15) is 0 Å². The van der Waals surface area contributed by atoms with Gasteiger partial charge in [0.15, 0.2) is 17.7 Å². The molecule has 2 atom stereocenters. The number of carbonyl (C=O) groups excluding carboxylic acids is 1. The number of benzene rings is 1. The molecule has 0 heterocycles. The van der Waals surface area contributed by atoms with E-state index < -0.39 is 11.9 Å². The lowest BCUT2D eigenvalue weighted by Crippen LogP contribution is -2.45. The van der Waals surface area contributed by atoms with Crippen LogP contribution in [0.2, 0.25) is 0 Å². The van der Waals surface area contributed by atoms with E-state index in [2.05, 4.69) is 5.32 Å². The van der Waals surface area contributed by atoms with Crippen molar-refractivity contribution in [2.45, 2.75) is 32.4 Å². The smallest absolute Gasteiger partial charge is 0.261 e. The summed E-state index contributed by atoms with van der Waals surface area (Å²) in [6.45, 7) is 3.95. The van der Waals surface area contributed by atoms with E-state index in [1.54, 1.807) is 26.0 Å². The monoisotopic (exact) mass is 290 g/mol. The Bertz CT molecular complexity index is 404. The number of rotatable bonds is 6. The number of nitrogens with one attached hydrogen (secondary N) is 1. The van der Waals surface area contributed by atoms with Gasteiger partial charge in [-0.05, 0) is 25.5 Å². The molecule has 1 amide bonds. The molecule has 3 N–H and O–H groups in total. The zero-order chi connectivity index (χ0) is 13.5. The number of nitrogens with two attached hydrogens (primary N) is 1. The number of carbonyl (C=O) groups is 1. The largest absolute Gasteiger partial charge is 0.478 e. The van der Waals surface area contributed by atoms with E-state index in [-0.39, 0.29) is 30.1 Å². The Morgan fingerprint density at radius 2 is 2.11 bits per heavy atom. The first-order valence-electron chi connectivity index (χ1n) is 6.00. The molecule has 1 aromatic rings. The summed E-state index contributed by atoms with van der Waals surface area (Å²) in [5, 5.41) is 2.71. The SMILES string of the molecule is CCC(Oc1ccccc1F)C(=O)N[C@@H](C)CN.Cl. The van der Waals surface area contributed by atoms with E-state index >= 15 is 0 Å². The summed E-state index contributed by atoms with van der Waals surface area (Å²) >= 11 is 0. The molecule has 4 nitrogen and oxygen atoms in total. The average molecular weight is 291 g/mol. The second-order valence-corrected chi connectivity index (χ2v) is 4.09. The molecule has 0 saturated carbocycles. The molecule has 0 radical (unpaired) electrons. The van der Waals surface area contributed by atoms with Crippen molar-refractivity contribution in [2.75, 3.05) is 6.54 Å². The Morgan fingerprint density at radius 3 is 2.63 bits per heavy atom. The van der Waals surface area contributed by atoms with Gasteiger partial charge in [0.2, 0.25) is 0 Å². The summed E-state index contributed by atoms with van der Waals surface area (Å²) in [7, 11) is 0. The molecule has 1 rings (SSSR count). The highest BCUT2D eigenvalue weighted by molar-refractivity contribution is 5.85. The Morgan fingerprint density at radius 1 is 1.47 bits per heavy atom. The van der Waals surface area contributed by atoms with E-state index in [0.29, 0.717) is 13.0 Å². The van der Waals surface area contributed by atoms with Gasteiger partial charge >= 0.3 is 0 Å². The topological polar surface area (TPSA) is 64.3 Å². The van der Waals surface area contributed by atoms with Crippen LogP contribution < -0.4 is 15.8 Å². The first-order valence-corrected chi connectivity index (χ1v) is 6.00. The maximum atomic E-state index is 13.4. The molecular weight excluding hydrogens is 271 g/mol. The second kappa shape index (κ2) is 8.72. The van der Waals surface area contributed by atoms with Gasteiger partial charge in [-0.2, -0.15) is 0 Å².